The van der Waals surface area contributed by atoms with E-state index in [9.17, 15) is 17.6 Å². The SMILES string of the molecule is CS(=O)(=O)N(Cc1ccc(C(=O)NCc2ccc(F)cc2)cc1)c1cccc(Cl)c1Cl. The predicted octanol–water partition coefficient (Wildman–Crippen LogP) is 5.03. The third-order valence-electron chi connectivity index (χ3n) is 4.51. The molecule has 0 spiro atoms. The van der Waals surface area contributed by atoms with Gasteiger partial charge in [0.25, 0.3) is 5.91 Å². The molecule has 31 heavy (non-hydrogen) atoms. The van der Waals surface area contributed by atoms with Crippen LogP contribution in [-0.4, -0.2) is 20.6 Å². The lowest BCUT2D eigenvalue weighted by Gasteiger charge is -2.24. The number of benzene rings is 3. The van der Waals surface area contributed by atoms with Crippen LogP contribution in [0.5, 0.6) is 0 Å². The van der Waals surface area contributed by atoms with Gasteiger partial charge in [-0.25, -0.2) is 12.8 Å². The lowest BCUT2D eigenvalue weighted by atomic mass is 10.1. The van der Waals surface area contributed by atoms with Gasteiger partial charge in [0.15, 0.2) is 0 Å². The Balaban J connectivity index is 1.72. The van der Waals surface area contributed by atoms with Gasteiger partial charge in [-0.05, 0) is 47.5 Å². The number of nitrogens with zero attached hydrogens (tertiary/aromatic N) is 1. The Hall–Kier alpha value is -2.61. The van der Waals surface area contributed by atoms with E-state index in [0.29, 0.717) is 11.1 Å². The van der Waals surface area contributed by atoms with Gasteiger partial charge in [-0.3, -0.25) is 9.10 Å². The topological polar surface area (TPSA) is 66.5 Å². The number of rotatable bonds is 7. The Kier molecular flexibility index (Phi) is 7.20. The summed E-state index contributed by atoms with van der Waals surface area (Å²) in [7, 11) is -3.64. The number of halogens is 3. The largest absolute Gasteiger partial charge is 0.348 e. The summed E-state index contributed by atoms with van der Waals surface area (Å²) >= 11 is 12.2. The van der Waals surface area contributed by atoms with Crippen LogP contribution in [0, 0.1) is 5.82 Å². The van der Waals surface area contributed by atoms with E-state index in [1.165, 1.54) is 12.1 Å². The second kappa shape index (κ2) is 9.68. The summed E-state index contributed by atoms with van der Waals surface area (Å²) in [6.45, 7) is 0.284. The Labute approximate surface area is 190 Å². The molecule has 1 amide bonds. The smallest absolute Gasteiger partial charge is 0.251 e. The Morgan fingerprint density at radius 1 is 0.968 bits per heavy atom. The van der Waals surface area contributed by atoms with E-state index in [2.05, 4.69) is 5.32 Å². The quantitative estimate of drug-likeness (QED) is 0.515. The molecule has 0 saturated carbocycles. The molecule has 0 saturated heterocycles. The molecule has 0 radical (unpaired) electrons. The van der Waals surface area contributed by atoms with Crippen molar-refractivity contribution in [2.24, 2.45) is 0 Å². The first-order valence-corrected chi connectivity index (χ1v) is 11.8. The van der Waals surface area contributed by atoms with Crippen molar-refractivity contribution in [1.82, 2.24) is 5.32 Å². The van der Waals surface area contributed by atoms with Gasteiger partial charge >= 0.3 is 0 Å². The average molecular weight is 481 g/mol. The van der Waals surface area contributed by atoms with E-state index < -0.39 is 10.0 Å². The molecule has 0 bridgehead atoms. The molecule has 0 atom stereocenters. The average Bonchev–Trinajstić information content (AvgIpc) is 2.73. The number of carbonyl (C=O) groups is 1. The molecule has 3 aromatic rings. The Morgan fingerprint density at radius 2 is 1.58 bits per heavy atom. The highest BCUT2D eigenvalue weighted by Gasteiger charge is 2.21. The van der Waals surface area contributed by atoms with Crippen LogP contribution < -0.4 is 9.62 Å². The number of hydrogen-bond donors (Lipinski definition) is 1. The predicted molar refractivity (Wildman–Crippen MR) is 122 cm³/mol. The first-order valence-electron chi connectivity index (χ1n) is 9.18. The van der Waals surface area contributed by atoms with Crippen molar-refractivity contribution in [3.8, 4) is 0 Å². The molecule has 9 heteroatoms. The monoisotopic (exact) mass is 480 g/mol. The number of carbonyl (C=O) groups excluding carboxylic acids is 1. The van der Waals surface area contributed by atoms with Crippen molar-refractivity contribution in [3.63, 3.8) is 0 Å². The lowest BCUT2D eigenvalue weighted by Crippen LogP contribution is -2.29. The maximum atomic E-state index is 13.0. The molecule has 162 valence electrons. The summed E-state index contributed by atoms with van der Waals surface area (Å²) in [5, 5.41) is 3.15. The molecule has 0 aromatic heterocycles. The number of nitrogens with one attached hydrogen (secondary N) is 1. The number of hydrogen-bond acceptors (Lipinski definition) is 3. The summed E-state index contributed by atoms with van der Waals surface area (Å²) in [6.07, 6.45) is 1.08. The third kappa shape index (κ3) is 5.97. The van der Waals surface area contributed by atoms with E-state index in [1.807, 2.05) is 0 Å². The van der Waals surface area contributed by atoms with E-state index in [1.54, 1.807) is 54.6 Å². The second-order valence-electron chi connectivity index (χ2n) is 6.85. The highest BCUT2D eigenvalue weighted by molar-refractivity contribution is 7.92. The fraction of sp³-hybridized carbons (Fsp3) is 0.136. The fourth-order valence-electron chi connectivity index (χ4n) is 2.88. The zero-order valence-corrected chi connectivity index (χ0v) is 18.8. The number of sulfonamides is 1. The van der Waals surface area contributed by atoms with Crippen LogP contribution in [0.15, 0.2) is 66.7 Å². The van der Waals surface area contributed by atoms with Gasteiger partial charge in [0.2, 0.25) is 10.0 Å². The van der Waals surface area contributed by atoms with E-state index in [0.717, 1.165) is 16.1 Å². The van der Waals surface area contributed by atoms with Gasteiger partial charge in [0.05, 0.1) is 28.5 Å². The summed E-state index contributed by atoms with van der Waals surface area (Å²) in [5.41, 5.74) is 2.13. The van der Waals surface area contributed by atoms with Crippen LogP contribution in [0.1, 0.15) is 21.5 Å². The molecule has 3 aromatic carbocycles. The van der Waals surface area contributed by atoms with Crippen LogP contribution >= 0.6 is 23.2 Å². The van der Waals surface area contributed by atoms with Gasteiger partial charge < -0.3 is 5.32 Å². The zero-order valence-electron chi connectivity index (χ0n) is 16.5. The molecule has 5 nitrogen and oxygen atoms in total. The fourth-order valence-corrected chi connectivity index (χ4v) is 4.22. The van der Waals surface area contributed by atoms with E-state index >= 15 is 0 Å². The second-order valence-corrected chi connectivity index (χ2v) is 9.54. The molecule has 0 heterocycles. The van der Waals surface area contributed by atoms with Crippen molar-refractivity contribution in [2.45, 2.75) is 13.1 Å². The standard InChI is InChI=1S/C22H19Cl2FN2O3S/c1-31(29,30)27(20-4-2-3-19(23)21(20)24)14-16-5-9-17(10-6-16)22(28)26-13-15-7-11-18(25)12-8-15/h2-12H,13-14H2,1H3,(H,26,28). The van der Waals surface area contributed by atoms with Gasteiger partial charge in [-0.2, -0.15) is 0 Å². The van der Waals surface area contributed by atoms with Crippen molar-refractivity contribution in [3.05, 3.63) is 99.3 Å². The van der Waals surface area contributed by atoms with Crippen molar-refractivity contribution >= 4 is 44.8 Å². The maximum Gasteiger partial charge on any atom is 0.251 e. The first-order chi connectivity index (χ1) is 14.6. The summed E-state index contributed by atoms with van der Waals surface area (Å²) < 4.78 is 38.8. The normalized spacial score (nSPS) is 11.2. The highest BCUT2D eigenvalue weighted by Crippen LogP contribution is 2.34. The summed E-state index contributed by atoms with van der Waals surface area (Å²) in [4.78, 5) is 12.4. The van der Waals surface area contributed by atoms with E-state index in [4.69, 9.17) is 23.2 Å². The van der Waals surface area contributed by atoms with Crippen LogP contribution in [0.4, 0.5) is 10.1 Å². The van der Waals surface area contributed by atoms with Gasteiger partial charge in [-0.15, -0.1) is 0 Å². The minimum absolute atomic E-state index is 0.0242. The molecule has 3 rings (SSSR count). The van der Waals surface area contributed by atoms with Gasteiger partial charge in [-0.1, -0.05) is 53.5 Å². The first kappa shape index (κ1) is 23.1. The van der Waals surface area contributed by atoms with Crippen molar-refractivity contribution in [1.29, 1.82) is 0 Å². The van der Waals surface area contributed by atoms with Crippen LogP contribution in [-0.2, 0) is 23.1 Å². The van der Waals surface area contributed by atoms with Gasteiger partial charge in [0.1, 0.15) is 5.82 Å². The van der Waals surface area contributed by atoms with Crippen molar-refractivity contribution in [2.75, 3.05) is 10.6 Å². The van der Waals surface area contributed by atoms with Gasteiger partial charge in [0, 0.05) is 12.1 Å². The minimum Gasteiger partial charge on any atom is -0.348 e. The third-order valence-corrected chi connectivity index (χ3v) is 6.44. The molecule has 0 aliphatic carbocycles. The molecule has 1 N–H and O–H groups in total. The Bertz CT molecular complexity index is 1180. The lowest BCUT2D eigenvalue weighted by molar-refractivity contribution is 0.0951. The number of amides is 1. The Morgan fingerprint density at radius 3 is 2.19 bits per heavy atom. The van der Waals surface area contributed by atoms with Crippen molar-refractivity contribution < 1.29 is 17.6 Å². The molecular formula is C22H19Cl2FN2O3S. The van der Waals surface area contributed by atoms with Crippen LogP contribution in [0.3, 0.4) is 0 Å². The summed E-state index contributed by atoms with van der Waals surface area (Å²) in [6, 6.07) is 17.2. The molecule has 0 aliphatic heterocycles. The van der Waals surface area contributed by atoms with Crippen LogP contribution in [0.25, 0.3) is 0 Å². The molecule has 0 aliphatic rings. The minimum atomic E-state index is -3.64. The maximum absolute atomic E-state index is 13.0. The zero-order chi connectivity index (χ0) is 22.6. The molecule has 0 unspecified atom stereocenters. The summed E-state index contributed by atoms with van der Waals surface area (Å²) in [5.74, 6) is -0.637. The van der Waals surface area contributed by atoms with Crippen LogP contribution in [0.2, 0.25) is 10.0 Å². The van der Waals surface area contributed by atoms with E-state index in [-0.39, 0.29) is 40.5 Å². The number of anilines is 1. The molecular weight excluding hydrogens is 462 g/mol. The highest BCUT2D eigenvalue weighted by atomic mass is 35.5. The molecule has 0 fully saturated rings.